The van der Waals surface area contributed by atoms with Gasteiger partial charge in [-0.05, 0) is 60.7 Å². The Hall–Kier alpha value is -4.00. The Kier molecular flexibility index (Phi) is 6.54. The van der Waals surface area contributed by atoms with E-state index in [-0.39, 0.29) is 11.8 Å². The van der Waals surface area contributed by atoms with Crippen LogP contribution in [0.2, 0.25) is 0 Å². The Morgan fingerprint density at radius 1 is 0.633 bits per heavy atom. The Labute approximate surface area is 174 Å². The van der Waals surface area contributed by atoms with Crippen LogP contribution in [0.4, 0.5) is 11.4 Å². The van der Waals surface area contributed by atoms with E-state index in [2.05, 4.69) is 10.6 Å². The highest BCUT2D eigenvalue weighted by Crippen LogP contribution is 2.29. The molecule has 2 amide bonds. The van der Waals surface area contributed by atoms with E-state index < -0.39 is 0 Å². The van der Waals surface area contributed by atoms with Crippen molar-refractivity contribution >= 4 is 23.2 Å². The Morgan fingerprint density at radius 2 is 1.17 bits per heavy atom. The van der Waals surface area contributed by atoms with Gasteiger partial charge in [0.1, 0.15) is 17.2 Å². The summed E-state index contributed by atoms with van der Waals surface area (Å²) in [6, 6.07) is 18.5. The second kappa shape index (κ2) is 9.47. The van der Waals surface area contributed by atoms with Gasteiger partial charge in [-0.3, -0.25) is 9.59 Å². The molecule has 7 heteroatoms. The van der Waals surface area contributed by atoms with Crippen LogP contribution >= 0.6 is 0 Å². The molecule has 0 bridgehead atoms. The lowest BCUT2D eigenvalue weighted by molar-refractivity contribution is 0.101. The molecule has 3 aromatic rings. The van der Waals surface area contributed by atoms with Gasteiger partial charge in [-0.1, -0.05) is 0 Å². The fourth-order valence-electron chi connectivity index (χ4n) is 2.76. The number of rotatable bonds is 7. The molecule has 0 unspecified atom stereocenters. The minimum absolute atomic E-state index is 0.254. The van der Waals surface area contributed by atoms with E-state index in [9.17, 15) is 9.59 Å². The van der Waals surface area contributed by atoms with Crippen LogP contribution in [0.15, 0.2) is 66.7 Å². The summed E-state index contributed by atoms with van der Waals surface area (Å²) in [4.78, 5) is 24.9. The molecular formula is C23H22N2O5. The van der Waals surface area contributed by atoms with Crippen molar-refractivity contribution in [2.75, 3.05) is 32.0 Å². The van der Waals surface area contributed by atoms with Gasteiger partial charge >= 0.3 is 0 Å². The maximum absolute atomic E-state index is 12.6. The standard InChI is InChI=1S/C23H22N2O5/c1-28-18-10-6-16(7-11-18)22(26)24-17-8-4-15(5-9-17)23(27)25-20-14-19(29-2)12-13-21(20)30-3/h4-14H,1-3H3,(H,24,26)(H,25,27). The van der Waals surface area contributed by atoms with E-state index >= 15 is 0 Å². The monoisotopic (exact) mass is 406 g/mol. The molecule has 3 rings (SSSR count). The van der Waals surface area contributed by atoms with Gasteiger partial charge in [0.25, 0.3) is 11.8 Å². The van der Waals surface area contributed by atoms with Gasteiger partial charge in [0, 0.05) is 22.9 Å². The molecule has 0 aliphatic heterocycles. The SMILES string of the molecule is COc1ccc(C(=O)Nc2ccc(C(=O)Nc3cc(OC)ccc3OC)cc2)cc1. The number of hydrogen-bond acceptors (Lipinski definition) is 5. The number of amides is 2. The number of hydrogen-bond donors (Lipinski definition) is 2. The Bertz CT molecular complexity index is 1030. The number of benzene rings is 3. The van der Waals surface area contributed by atoms with Crippen molar-refractivity contribution in [3.05, 3.63) is 77.9 Å². The minimum Gasteiger partial charge on any atom is -0.497 e. The van der Waals surface area contributed by atoms with Crippen LogP contribution in [0.25, 0.3) is 0 Å². The van der Waals surface area contributed by atoms with Gasteiger partial charge in [0.2, 0.25) is 0 Å². The summed E-state index contributed by atoms with van der Waals surface area (Å²) < 4.78 is 15.6. The van der Waals surface area contributed by atoms with Crippen molar-refractivity contribution in [2.45, 2.75) is 0 Å². The van der Waals surface area contributed by atoms with Gasteiger partial charge < -0.3 is 24.8 Å². The number of anilines is 2. The maximum atomic E-state index is 12.6. The summed E-state index contributed by atoms with van der Waals surface area (Å²) in [7, 11) is 4.64. The van der Waals surface area contributed by atoms with E-state index in [1.54, 1.807) is 80.9 Å². The number of nitrogens with one attached hydrogen (secondary N) is 2. The topological polar surface area (TPSA) is 85.9 Å². The molecule has 0 saturated carbocycles. The summed E-state index contributed by atoms with van der Waals surface area (Å²) >= 11 is 0. The molecule has 154 valence electrons. The molecule has 0 saturated heterocycles. The second-order valence-corrected chi connectivity index (χ2v) is 6.28. The molecule has 0 heterocycles. The predicted octanol–water partition coefficient (Wildman–Crippen LogP) is 4.22. The molecule has 0 aliphatic rings. The molecule has 3 aromatic carbocycles. The molecule has 0 aromatic heterocycles. The van der Waals surface area contributed by atoms with Crippen LogP contribution in [0.3, 0.4) is 0 Å². The van der Waals surface area contributed by atoms with E-state index in [1.165, 1.54) is 7.11 Å². The molecule has 2 N–H and O–H groups in total. The van der Waals surface area contributed by atoms with Crippen LogP contribution in [0.1, 0.15) is 20.7 Å². The highest BCUT2D eigenvalue weighted by atomic mass is 16.5. The normalized spacial score (nSPS) is 10.1. The van der Waals surface area contributed by atoms with E-state index in [4.69, 9.17) is 14.2 Å². The number of ether oxygens (including phenoxy) is 3. The van der Waals surface area contributed by atoms with E-state index in [0.717, 1.165) is 0 Å². The van der Waals surface area contributed by atoms with Gasteiger partial charge in [0.05, 0.1) is 27.0 Å². The Morgan fingerprint density at radius 3 is 1.73 bits per heavy atom. The molecule has 0 radical (unpaired) electrons. The zero-order chi connectivity index (χ0) is 21.5. The van der Waals surface area contributed by atoms with Crippen LogP contribution in [-0.2, 0) is 0 Å². The summed E-state index contributed by atoms with van der Waals surface area (Å²) in [5, 5.41) is 5.60. The largest absolute Gasteiger partial charge is 0.497 e. The average molecular weight is 406 g/mol. The zero-order valence-electron chi connectivity index (χ0n) is 16.9. The first-order chi connectivity index (χ1) is 14.5. The van der Waals surface area contributed by atoms with Crippen LogP contribution in [0, 0.1) is 0 Å². The summed E-state index contributed by atoms with van der Waals surface area (Å²) in [5.74, 6) is 1.23. The van der Waals surface area contributed by atoms with E-state index in [0.29, 0.717) is 39.8 Å². The maximum Gasteiger partial charge on any atom is 0.255 e. The van der Waals surface area contributed by atoms with Gasteiger partial charge in [-0.2, -0.15) is 0 Å². The van der Waals surface area contributed by atoms with Crippen LogP contribution in [-0.4, -0.2) is 33.1 Å². The summed E-state index contributed by atoms with van der Waals surface area (Å²) in [6.07, 6.45) is 0. The van der Waals surface area contributed by atoms with Crippen molar-refractivity contribution in [3.63, 3.8) is 0 Å². The fraction of sp³-hybridized carbons (Fsp3) is 0.130. The highest BCUT2D eigenvalue weighted by Gasteiger charge is 2.12. The van der Waals surface area contributed by atoms with Crippen molar-refractivity contribution in [2.24, 2.45) is 0 Å². The lowest BCUT2D eigenvalue weighted by atomic mass is 10.1. The zero-order valence-corrected chi connectivity index (χ0v) is 16.9. The Balaban J connectivity index is 1.67. The summed E-state index contributed by atoms with van der Waals surface area (Å²) in [6.45, 7) is 0. The van der Waals surface area contributed by atoms with Crippen molar-refractivity contribution in [1.29, 1.82) is 0 Å². The highest BCUT2D eigenvalue weighted by molar-refractivity contribution is 6.06. The van der Waals surface area contributed by atoms with Crippen LogP contribution < -0.4 is 24.8 Å². The number of carbonyl (C=O) groups excluding carboxylic acids is 2. The first-order valence-electron chi connectivity index (χ1n) is 9.13. The second-order valence-electron chi connectivity index (χ2n) is 6.28. The molecule has 0 fully saturated rings. The average Bonchev–Trinajstić information content (AvgIpc) is 2.79. The van der Waals surface area contributed by atoms with Crippen molar-refractivity contribution < 1.29 is 23.8 Å². The van der Waals surface area contributed by atoms with Crippen LogP contribution in [0.5, 0.6) is 17.2 Å². The van der Waals surface area contributed by atoms with Crippen molar-refractivity contribution in [3.8, 4) is 17.2 Å². The summed E-state index contributed by atoms with van der Waals surface area (Å²) in [5.41, 5.74) is 2.01. The lowest BCUT2D eigenvalue weighted by Crippen LogP contribution is -2.14. The van der Waals surface area contributed by atoms with Gasteiger partial charge in [0.15, 0.2) is 0 Å². The first kappa shape index (κ1) is 20.7. The number of carbonyl (C=O) groups is 2. The minimum atomic E-state index is -0.311. The van der Waals surface area contributed by atoms with Gasteiger partial charge in [-0.15, -0.1) is 0 Å². The van der Waals surface area contributed by atoms with Gasteiger partial charge in [-0.25, -0.2) is 0 Å². The first-order valence-corrected chi connectivity index (χ1v) is 9.13. The molecule has 0 atom stereocenters. The lowest BCUT2D eigenvalue weighted by Gasteiger charge is -2.12. The fourth-order valence-corrected chi connectivity index (χ4v) is 2.76. The molecule has 0 spiro atoms. The van der Waals surface area contributed by atoms with Crippen molar-refractivity contribution in [1.82, 2.24) is 0 Å². The quantitative estimate of drug-likeness (QED) is 0.614. The molecule has 30 heavy (non-hydrogen) atoms. The smallest absolute Gasteiger partial charge is 0.255 e. The molecule has 0 aliphatic carbocycles. The predicted molar refractivity (Wildman–Crippen MR) is 115 cm³/mol. The molecular weight excluding hydrogens is 384 g/mol. The number of methoxy groups -OCH3 is 3. The third-order valence-corrected chi connectivity index (χ3v) is 4.41. The third kappa shape index (κ3) is 4.88. The van der Waals surface area contributed by atoms with E-state index in [1.807, 2.05) is 0 Å². The third-order valence-electron chi connectivity index (χ3n) is 4.41. The molecule has 7 nitrogen and oxygen atoms in total.